The van der Waals surface area contributed by atoms with E-state index < -0.39 is 12.5 Å². The zero-order valence-electron chi connectivity index (χ0n) is 15.6. The molecule has 0 aliphatic heterocycles. The number of H-pyrrole nitrogens is 1. The summed E-state index contributed by atoms with van der Waals surface area (Å²) in [5.74, 6) is 0.144. The maximum Gasteiger partial charge on any atom is 0.251 e. The van der Waals surface area contributed by atoms with Crippen LogP contribution in [-0.4, -0.2) is 37.8 Å². The second-order valence-electron chi connectivity index (χ2n) is 6.22. The molecule has 0 radical (unpaired) electrons. The number of nitrogens with zero attached hydrogens (tertiary/aromatic N) is 4. The summed E-state index contributed by atoms with van der Waals surface area (Å²) >= 11 is 13.8. The van der Waals surface area contributed by atoms with Gasteiger partial charge in [-0.25, -0.2) is 9.97 Å². The van der Waals surface area contributed by atoms with Crippen molar-refractivity contribution in [2.24, 2.45) is 0 Å². The number of aromatic nitrogens is 4. The van der Waals surface area contributed by atoms with Crippen molar-refractivity contribution in [1.29, 1.82) is 5.26 Å². The molecule has 3 heterocycles. The van der Waals surface area contributed by atoms with Gasteiger partial charge in [0.2, 0.25) is 0 Å². The molecule has 0 bridgehead atoms. The molecule has 0 fully saturated rings. The Morgan fingerprint density at radius 3 is 2.74 bits per heavy atom. The number of aliphatic hydroxyl groups is 1. The first-order valence-corrected chi connectivity index (χ1v) is 10.3. The number of amides is 1. The summed E-state index contributed by atoms with van der Waals surface area (Å²) in [6.07, 6.45) is 2.88. The van der Waals surface area contributed by atoms with Crippen molar-refractivity contribution in [2.45, 2.75) is 0 Å². The summed E-state index contributed by atoms with van der Waals surface area (Å²) in [6.45, 7) is -0.663. The molecule has 4 aromatic rings. The molecule has 0 atom stereocenters. The molecule has 1 aromatic carbocycles. The molecule has 11 heteroatoms. The molecule has 0 spiro atoms. The molecule has 0 unspecified atom stereocenters. The smallest absolute Gasteiger partial charge is 0.251 e. The second kappa shape index (κ2) is 8.83. The summed E-state index contributed by atoms with van der Waals surface area (Å²) in [7, 11) is 0. The maximum absolute atomic E-state index is 11.5. The van der Waals surface area contributed by atoms with Gasteiger partial charge in [-0.3, -0.25) is 9.89 Å². The molecule has 4 rings (SSSR count). The van der Waals surface area contributed by atoms with Crippen LogP contribution in [0, 0.1) is 11.3 Å². The first-order valence-electron chi connectivity index (χ1n) is 8.77. The van der Waals surface area contributed by atoms with E-state index in [0.29, 0.717) is 47.9 Å². The zero-order chi connectivity index (χ0) is 22.0. The van der Waals surface area contributed by atoms with Crippen LogP contribution in [0.2, 0.25) is 10.0 Å². The average molecular weight is 471 g/mol. The van der Waals surface area contributed by atoms with Crippen LogP contribution in [-0.2, 0) is 4.79 Å². The Hall–Kier alpha value is -3.29. The predicted molar refractivity (Wildman–Crippen MR) is 119 cm³/mol. The van der Waals surface area contributed by atoms with Crippen molar-refractivity contribution in [3.63, 3.8) is 0 Å². The average Bonchev–Trinajstić information content (AvgIpc) is 3.41. The molecule has 3 aromatic heterocycles. The zero-order valence-corrected chi connectivity index (χ0v) is 17.9. The van der Waals surface area contributed by atoms with E-state index in [4.69, 9.17) is 28.3 Å². The predicted octanol–water partition coefficient (Wildman–Crippen LogP) is 4.37. The van der Waals surface area contributed by atoms with Gasteiger partial charge in [-0.05, 0) is 29.8 Å². The van der Waals surface area contributed by atoms with E-state index in [9.17, 15) is 10.1 Å². The highest BCUT2D eigenvalue weighted by Crippen LogP contribution is 2.48. The molecular formula is C20H12Cl2N6O2S. The van der Waals surface area contributed by atoms with Gasteiger partial charge in [-0.2, -0.15) is 10.4 Å². The second-order valence-corrected chi connectivity index (χ2v) is 8.08. The fourth-order valence-electron chi connectivity index (χ4n) is 2.99. The van der Waals surface area contributed by atoms with Crippen LogP contribution in [0.3, 0.4) is 0 Å². The number of hydrogen-bond acceptors (Lipinski definition) is 7. The number of carbonyl (C=O) groups is 1. The lowest BCUT2D eigenvalue weighted by Gasteiger charge is -2.07. The minimum absolute atomic E-state index is 0.251. The molecule has 0 saturated heterocycles. The number of aromatic amines is 1. The van der Waals surface area contributed by atoms with Crippen molar-refractivity contribution in [2.75, 3.05) is 11.9 Å². The molecule has 154 valence electrons. The van der Waals surface area contributed by atoms with Crippen LogP contribution in [0.5, 0.6) is 0 Å². The Bertz CT molecular complexity index is 1310. The van der Waals surface area contributed by atoms with Gasteiger partial charge in [0.05, 0.1) is 15.3 Å². The van der Waals surface area contributed by atoms with Crippen molar-refractivity contribution in [3.05, 3.63) is 58.5 Å². The number of benzene rings is 1. The highest BCUT2D eigenvalue weighted by molar-refractivity contribution is 7.19. The number of pyridine rings is 1. The molecule has 3 N–H and O–H groups in total. The lowest BCUT2D eigenvalue weighted by molar-refractivity contribution is -0.118. The molecule has 31 heavy (non-hydrogen) atoms. The standard InChI is InChI=1S/C20H12Cl2N6O2S/c21-11-1-2-12(14(22)6-11)17-13(7-23)18(31-19(17)20-25-9-26-28-20)10-3-4-24-15(5-10)27-16(30)8-29/h1-6,9,29H,8H2,(H,24,27,30)(H,25,26,28). The van der Waals surface area contributed by atoms with Crippen LogP contribution in [0.1, 0.15) is 5.56 Å². The molecule has 0 saturated carbocycles. The summed E-state index contributed by atoms with van der Waals surface area (Å²) in [6, 6.07) is 10.7. The quantitative estimate of drug-likeness (QED) is 0.397. The van der Waals surface area contributed by atoms with E-state index in [0.717, 1.165) is 0 Å². The lowest BCUT2D eigenvalue weighted by atomic mass is 9.98. The molecule has 0 aliphatic carbocycles. The number of nitriles is 1. The van der Waals surface area contributed by atoms with Gasteiger partial charge < -0.3 is 10.4 Å². The van der Waals surface area contributed by atoms with Gasteiger partial charge >= 0.3 is 0 Å². The van der Waals surface area contributed by atoms with Gasteiger partial charge in [0, 0.05) is 27.4 Å². The summed E-state index contributed by atoms with van der Waals surface area (Å²) in [5.41, 5.74) is 2.26. The highest BCUT2D eigenvalue weighted by Gasteiger charge is 2.25. The first kappa shape index (κ1) is 21.0. The van der Waals surface area contributed by atoms with Crippen molar-refractivity contribution < 1.29 is 9.90 Å². The number of nitrogens with one attached hydrogen (secondary N) is 2. The van der Waals surface area contributed by atoms with E-state index in [-0.39, 0.29) is 5.82 Å². The van der Waals surface area contributed by atoms with E-state index in [1.165, 1.54) is 23.9 Å². The Morgan fingerprint density at radius 1 is 1.23 bits per heavy atom. The minimum atomic E-state index is -0.663. The number of thiophene rings is 1. The van der Waals surface area contributed by atoms with Crippen LogP contribution in [0.15, 0.2) is 42.9 Å². The van der Waals surface area contributed by atoms with E-state index in [1.807, 2.05) is 0 Å². The third kappa shape index (κ3) is 4.15. The Kier molecular flexibility index (Phi) is 5.97. The summed E-state index contributed by atoms with van der Waals surface area (Å²) in [5, 5.41) is 29.1. The number of anilines is 1. The topological polar surface area (TPSA) is 128 Å². The van der Waals surface area contributed by atoms with Gasteiger partial charge in [0.1, 0.15) is 24.8 Å². The highest BCUT2D eigenvalue weighted by atomic mass is 35.5. The van der Waals surface area contributed by atoms with E-state index in [2.05, 4.69) is 31.6 Å². The van der Waals surface area contributed by atoms with Gasteiger partial charge in [-0.15, -0.1) is 11.3 Å². The number of aliphatic hydroxyl groups excluding tert-OH is 1. The van der Waals surface area contributed by atoms with Gasteiger partial charge in [0.25, 0.3) is 5.91 Å². The molecule has 8 nitrogen and oxygen atoms in total. The van der Waals surface area contributed by atoms with Gasteiger partial charge in [-0.1, -0.05) is 29.3 Å². The number of carbonyl (C=O) groups excluding carboxylic acids is 1. The number of halogens is 2. The Labute approximate surface area is 190 Å². The minimum Gasteiger partial charge on any atom is -0.387 e. The summed E-state index contributed by atoms with van der Waals surface area (Å²) < 4.78 is 0. The number of rotatable bonds is 5. The number of hydrogen-bond donors (Lipinski definition) is 3. The summed E-state index contributed by atoms with van der Waals surface area (Å²) in [4.78, 5) is 21.2. The van der Waals surface area contributed by atoms with Crippen LogP contribution in [0.25, 0.3) is 32.3 Å². The SMILES string of the molecule is N#Cc1c(-c2ccnc(NC(=O)CO)c2)sc(-c2ncn[nH]2)c1-c1ccc(Cl)cc1Cl. The van der Waals surface area contributed by atoms with Crippen LogP contribution in [0.4, 0.5) is 5.82 Å². The van der Waals surface area contributed by atoms with Crippen LogP contribution < -0.4 is 5.32 Å². The van der Waals surface area contributed by atoms with Crippen LogP contribution >= 0.6 is 34.5 Å². The van der Waals surface area contributed by atoms with Crippen molar-refractivity contribution in [1.82, 2.24) is 20.2 Å². The fraction of sp³-hybridized carbons (Fsp3) is 0.0500. The maximum atomic E-state index is 11.5. The largest absolute Gasteiger partial charge is 0.387 e. The van der Waals surface area contributed by atoms with Gasteiger partial charge in [0.15, 0.2) is 5.82 Å². The Morgan fingerprint density at radius 2 is 2.06 bits per heavy atom. The third-order valence-corrected chi connectivity index (χ3v) is 6.08. The lowest BCUT2D eigenvalue weighted by Crippen LogP contribution is -2.16. The van der Waals surface area contributed by atoms with E-state index in [1.54, 1.807) is 30.3 Å². The van der Waals surface area contributed by atoms with Crippen molar-refractivity contribution in [3.8, 4) is 38.3 Å². The first-order chi connectivity index (χ1) is 15.0. The third-order valence-electron chi connectivity index (χ3n) is 4.28. The van der Waals surface area contributed by atoms with E-state index >= 15 is 0 Å². The molecule has 1 amide bonds. The molecule has 0 aliphatic rings. The Balaban J connectivity index is 1.94. The normalized spacial score (nSPS) is 10.6. The fourth-order valence-corrected chi connectivity index (χ4v) is 4.71. The monoisotopic (exact) mass is 470 g/mol. The van der Waals surface area contributed by atoms with Crippen molar-refractivity contribution >= 4 is 46.3 Å². The molecular weight excluding hydrogens is 459 g/mol.